The van der Waals surface area contributed by atoms with Crippen LogP contribution in [0, 0.1) is 13.8 Å². The molecule has 3 nitrogen and oxygen atoms in total. The van der Waals surface area contributed by atoms with Crippen LogP contribution in [0.5, 0.6) is 0 Å². The van der Waals surface area contributed by atoms with Crippen molar-refractivity contribution in [1.82, 2.24) is 0 Å². The fourth-order valence-corrected chi connectivity index (χ4v) is 1.93. The van der Waals surface area contributed by atoms with Crippen molar-refractivity contribution in [3.8, 4) is 0 Å². The smallest absolute Gasteiger partial charge is 0.167 e. The zero-order valence-electron chi connectivity index (χ0n) is 9.66. The highest BCUT2D eigenvalue weighted by Crippen LogP contribution is 2.15. The number of carbonyl (C=O) groups excluding carboxylic acids is 1. The second-order valence-corrected chi connectivity index (χ2v) is 4.17. The van der Waals surface area contributed by atoms with Crippen molar-refractivity contribution in [3.05, 3.63) is 34.9 Å². The first-order valence-electron chi connectivity index (χ1n) is 5.50. The van der Waals surface area contributed by atoms with E-state index < -0.39 is 0 Å². The molecule has 86 valence electrons. The normalized spacial score (nSPS) is 16.6. The highest BCUT2D eigenvalue weighted by Gasteiger charge is 2.20. The van der Waals surface area contributed by atoms with Crippen molar-refractivity contribution in [3.63, 3.8) is 0 Å². The van der Waals surface area contributed by atoms with E-state index in [1.54, 1.807) is 0 Å². The van der Waals surface area contributed by atoms with E-state index in [2.05, 4.69) is 6.07 Å². The molecule has 0 radical (unpaired) electrons. The van der Waals surface area contributed by atoms with Gasteiger partial charge in [-0.05, 0) is 26.0 Å². The second kappa shape index (κ2) is 4.76. The minimum atomic E-state index is -0.353. The van der Waals surface area contributed by atoms with E-state index in [0.717, 1.165) is 16.7 Å². The predicted octanol–water partition coefficient (Wildman–Crippen LogP) is 2.25. The van der Waals surface area contributed by atoms with Gasteiger partial charge in [0.25, 0.3) is 0 Å². The number of rotatable bonds is 3. The monoisotopic (exact) mass is 220 g/mol. The largest absolute Gasteiger partial charge is 0.350 e. The number of benzene rings is 1. The van der Waals surface area contributed by atoms with E-state index in [0.29, 0.717) is 19.6 Å². The zero-order valence-corrected chi connectivity index (χ0v) is 9.66. The van der Waals surface area contributed by atoms with Crippen molar-refractivity contribution in [2.75, 3.05) is 13.2 Å². The van der Waals surface area contributed by atoms with E-state index in [1.165, 1.54) is 0 Å². The van der Waals surface area contributed by atoms with Gasteiger partial charge in [0.05, 0.1) is 19.6 Å². The van der Waals surface area contributed by atoms with Crippen molar-refractivity contribution in [1.29, 1.82) is 0 Å². The summed E-state index contributed by atoms with van der Waals surface area (Å²) in [6.45, 7) is 5.16. The lowest BCUT2D eigenvalue weighted by molar-refractivity contribution is -0.0407. The number of Topliss-reactive ketones (excluding diaryl/α,β-unsaturated/α-hetero) is 1. The van der Waals surface area contributed by atoms with Crippen molar-refractivity contribution in [2.24, 2.45) is 0 Å². The fraction of sp³-hybridized carbons (Fsp3) is 0.462. The average molecular weight is 220 g/mol. The number of ether oxygens (including phenoxy) is 2. The number of hydrogen-bond donors (Lipinski definition) is 0. The number of ketones is 1. The molecule has 1 fully saturated rings. The van der Waals surface area contributed by atoms with Gasteiger partial charge < -0.3 is 9.47 Å². The van der Waals surface area contributed by atoms with Crippen LogP contribution in [0.4, 0.5) is 0 Å². The van der Waals surface area contributed by atoms with E-state index in [4.69, 9.17) is 9.47 Å². The molecule has 0 amide bonds. The van der Waals surface area contributed by atoms with Crippen LogP contribution >= 0.6 is 0 Å². The molecular weight excluding hydrogens is 204 g/mol. The molecule has 3 heteroatoms. The lowest BCUT2D eigenvalue weighted by Gasteiger charge is -2.09. The van der Waals surface area contributed by atoms with Gasteiger partial charge in [-0.2, -0.15) is 0 Å². The maximum atomic E-state index is 11.9. The van der Waals surface area contributed by atoms with Gasteiger partial charge in [-0.3, -0.25) is 4.79 Å². The van der Waals surface area contributed by atoms with Crippen molar-refractivity contribution < 1.29 is 14.3 Å². The van der Waals surface area contributed by atoms with Gasteiger partial charge in [0.15, 0.2) is 12.1 Å². The molecule has 0 aliphatic carbocycles. The Morgan fingerprint density at radius 2 is 1.75 bits per heavy atom. The first-order valence-corrected chi connectivity index (χ1v) is 5.50. The summed E-state index contributed by atoms with van der Waals surface area (Å²) in [4.78, 5) is 11.9. The molecule has 2 rings (SSSR count). The summed E-state index contributed by atoms with van der Waals surface area (Å²) in [5.74, 6) is 0.0821. The Labute approximate surface area is 95.4 Å². The molecule has 0 saturated carbocycles. The van der Waals surface area contributed by atoms with E-state index in [1.807, 2.05) is 26.0 Å². The Bertz CT molecular complexity index is 372. The van der Waals surface area contributed by atoms with Gasteiger partial charge in [-0.15, -0.1) is 0 Å². The van der Waals surface area contributed by atoms with Gasteiger partial charge in [0.2, 0.25) is 0 Å². The molecule has 0 atom stereocenters. The van der Waals surface area contributed by atoms with E-state index in [9.17, 15) is 4.79 Å². The molecule has 0 aromatic heterocycles. The van der Waals surface area contributed by atoms with Gasteiger partial charge in [-0.25, -0.2) is 0 Å². The molecule has 16 heavy (non-hydrogen) atoms. The Morgan fingerprint density at radius 3 is 2.31 bits per heavy atom. The van der Waals surface area contributed by atoms with Crippen LogP contribution in [0.1, 0.15) is 27.9 Å². The first-order chi connectivity index (χ1) is 7.65. The summed E-state index contributed by atoms with van der Waals surface area (Å²) < 4.78 is 10.5. The maximum Gasteiger partial charge on any atom is 0.167 e. The summed E-state index contributed by atoms with van der Waals surface area (Å²) in [5, 5.41) is 0. The Morgan fingerprint density at radius 1 is 1.19 bits per heavy atom. The molecule has 1 heterocycles. The lowest BCUT2D eigenvalue weighted by Crippen LogP contribution is -2.14. The van der Waals surface area contributed by atoms with Crippen LogP contribution in [0.2, 0.25) is 0 Å². The summed E-state index contributed by atoms with van der Waals surface area (Å²) in [5.41, 5.74) is 2.96. The highest BCUT2D eigenvalue weighted by atomic mass is 16.7. The standard InChI is InChI=1S/C13H16O3/c1-9-5-10(2)7-11(6-9)12(14)8-13-15-3-4-16-13/h5-7,13H,3-4,8H2,1-2H3. The SMILES string of the molecule is Cc1cc(C)cc(C(=O)CC2OCCO2)c1. The number of carbonyl (C=O) groups is 1. The molecule has 1 aromatic carbocycles. The average Bonchev–Trinajstić information content (AvgIpc) is 2.68. The van der Waals surface area contributed by atoms with Crippen molar-refractivity contribution >= 4 is 5.78 Å². The van der Waals surface area contributed by atoms with Crippen LogP contribution in [0.3, 0.4) is 0 Å². The van der Waals surface area contributed by atoms with Crippen LogP contribution in [0.25, 0.3) is 0 Å². The Balaban J connectivity index is 2.07. The molecule has 0 bridgehead atoms. The molecule has 0 unspecified atom stereocenters. The van der Waals surface area contributed by atoms with E-state index >= 15 is 0 Å². The molecule has 1 aliphatic rings. The Kier molecular flexibility index (Phi) is 3.36. The minimum Gasteiger partial charge on any atom is -0.350 e. The van der Waals surface area contributed by atoms with Crippen LogP contribution in [-0.4, -0.2) is 25.3 Å². The predicted molar refractivity (Wildman–Crippen MR) is 60.6 cm³/mol. The third kappa shape index (κ3) is 2.68. The van der Waals surface area contributed by atoms with Crippen LogP contribution in [-0.2, 0) is 9.47 Å². The summed E-state index contributed by atoms with van der Waals surface area (Å²) in [7, 11) is 0. The molecule has 1 aliphatic heterocycles. The Hall–Kier alpha value is -1.19. The molecule has 1 saturated heterocycles. The zero-order chi connectivity index (χ0) is 11.5. The lowest BCUT2D eigenvalue weighted by atomic mass is 10.0. The summed E-state index contributed by atoms with van der Waals surface area (Å²) in [6.07, 6.45) is -0.0450. The molecule has 0 N–H and O–H groups in total. The third-order valence-corrected chi connectivity index (χ3v) is 2.59. The quantitative estimate of drug-likeness (QED) is 0.733. The van der Waals surface area contributed by atoms with Crippen molar-refractivity contribution in [2.45, 2.75) is 26.6 Å². The van der Waals surface area contributed by atoms with Crippen LogP contribution < -0.4 is 0 Å². The summed E-state index contributed by atoms with van der Waals surface area (Å²) in [6, 6.07) is 5.87. The highest BCUT2D eigenvalue weighted by molar-refractivity contribution is 5.96. The minimum absolute atomic E-state index is 0.0821. The topological polar surface area (TPSA) is 35.5 Å². The molecule has 1 aromatic rings. The fourth-order valence-electron chi connectivity index (χ4n) is 1.93. The number of hydrogen-bond acceptors (Lipinski definition) is 3. The first kappa shape index (κ1) is 11.3. The van der Waals surface area contributed by atoms with Gasteiger partial charge >= 0.3 is 0 Å². The van der Waals surface area contributed by atoms with Gasteiger partial charge in [0.1, 0.15) is 0 Å². The number of aryl methyl sites for hydroxylation is 2. The van der Waals surface area contributed by atoms with Crippen LogP contribution in [0.15, 0.2) is 18.2 Å². The van der Waals surface area contributed by atoms with Gasteiger partial charge in [-0.1, -0.05) is 17.2 Å². The second-order valence-electron chi connectivity index (χ2n) is 4.17. The third-order valence-electron chi connectivity index (χ3n) is 2.59. The maximum absolute atomic E-state index is 11.9. The van der Waals surface area contributed by atoms with Gasteiger partial charge in [0, 0.05) is 5.56 Å². The summed E-state index contributed by atoms with van der Waals surface area (Å²) >= 11 is 0. The van der Waals surface area contributed by atoms with E-state index in [-0.39, 0.29) is 12.1 Å². The molecular formula is C13H16O3. The molecule has 0 spiro atoms.